The molecule has 0 spiro atoms. The molecule has 0 saturated carbocycles. The number of halogens is 3. The van der Waals surface area contributed by atoms with E-state index in [1.54, 1.807) is 29.2 Å². The van der Waals surface area contributed by atoms with Gasteiger partial charge in [-0.3, -0.25) is 4.79 Å². The topological polar surface area (TPSA) is 126 Å². The molecule has 0 saturated heterocycles. The van der Waals surface area contributed by atoms with E-state index in [0.717, 1.165) is 11.3 Å². The van der Waals surface area contributed by atoms with E-state index in [-0.39, 0.29) is 90.4 Å². The summed E-state index contributed by atoms with van der Waals surface area (Å²) < 4.78 is 43.1. The number of rotatable bonds is 5. The summed E-state index contributed by atoms with van der Waals surface area (Å²) in [4.78, 5) is 23.4. The fourth-order valence-electron chi connectivity index (χ4n) is 5.16. The van der Waals surface area contributed by atoms with Crippen molar-refractivity contribution in [3.05, 3.63) is 64.2 Å². The maximum atomic E-state index is 16.7. The quantitative estimate of drug-likeness (QED) is 0.226. The van der Waals surface area contributed by atoms with Crippen molar-refractivity contribution in [1.29, 1.82) is 5.26 Å². The molecular weight excluding hydrogens is 598 g/mol. The van der Waals surface area contributed by atoms with Gasteiger partial charge in [0.05, 0.1) is 34.3 Å². The van der Waals surface area contributed by atoms with Crippen LogP contribution in [0.1, 0.15) is 29.8 Å². The van der Waals surface area contributed by atoms with Gasteiger partial charge in [0.25, 0.3) is 5.91 Å². The van der Waals surface area contributed by atoms with Gasteiger partial charge in [-0.25, -0.2) is 8.78 Å². The van der Waals surface area contributed by atoms with Crippen molar-refractivity contribution in [1.82, 2.24) is 15.3 Å². The number of amides is 1. The van der Waals surface area contributed by atoms with Crippen LogP contribution in [-0.4, -0.2) is 42.2 Å². The Balaban J connectivity index is 1.63. The van der Waals surface area contributed by atoms with E-state index in [9.17, 15) is 14.4 Å². The van der Waals surface area contributed by atoms with Crippen molar-refractivity contribution in [3.8, 4) is 29.0 Å². The average Bonchev–Trinajstić information content (AvgIpc) is 3.21. The first-order valence-electron chi connectivity index (χ1n) is 13.1. The zero-order valence-electron chi connectivity index (χ0n) is 23.1. The standard InChI is InChI=1S/C30H23ClF2N6O3S/c1-13(2)36-29(40)14-5-4-6-15(11-14)39-9-10-42-25-21-24(37-30(41-3)38-28(21)39)23(33)20(22(25)31)16-7-8-18(32)26-19(16)17(12-34)27(35)43-26/h4-8,11,13H,9-10,35H2,1-3H3,(H,36,40). The van der Waals surface area contributed by atoms with Crippen molar-refractivity contribution < 1.29 is 23.0 Å². The number of fused-ring (bicyclic) bond motifs is 1. The Morgan fingerprint density at radius 1 is 1.26 bits per heavy atom. The van der Waals surface area contributed by atoms with Crippen LogP contribution in [0.2, 0.25) is 5.02 Å². The Bertz CT molecular complexity index is 2010. The molecule has 0 aliphatic carbocycles. The molecular formula is C30H23ClF2N6O3S. The number of carbonyl (C=O) groups excluding carboxylic acids is 1. The maximum absolute atomic E-state index is 16.7. The Morgan fingerprint density at radius 2 is 2.05 bits per heavy atom. The summed E-state index contributed by atoms with van der Waals surface area (Å²) in [5.41, 5.74) is 6.95. The number of nitrogens with one attached hydrogen (secondary N) is 1. The van der Waals surface area contributed by atoms with Gasteiger partial charge in [0.15, 0.2) is 17.4 Å². The smallest absolute Gasteiger partial charge is 0.318 e. The van der Waals surface area contributed by atoms with E-state index in [0.29, 0.717) is 11.3 Å². The molecule has 0 radical (unpaired) electrons. The fraction of sp³-hybridized carbons (Fsp3) is 0.200. The van der Waals surface area contributed by atoms with Crippen molar-refractivity contribution in [2.24, 2.45) is 0 Å². The SMILES string of the molecule is COc1nc2c3c(c(Cl)c(-c4ccc(F)c5sc(N)c(C#N)c45)c(F)c3n1)OCCN2c1cccc(C(=O)NC(C)C)c1. The number of nitriles is 1. The van der Waals surface area contributed by atoms with Crippen molar-refractivity contribution in [3.63, 3.8) is 0 Å². The second-order valence-electron chi connectivity index (χ2n) is 10.0. The summed E-state index contributed by atoms with van der Waals surface area (Å²) in [6.45, 7) is 4.10. The van der Waals surface area contributed by atoms with E-state index < -0.39 is 11.6 Å². The van der Waals surface area contributed by atoms with E-state index in [4.69, 9.17) is 26.8 Å². The average molecular weight is 621 g/mol. The van der Waals surface area contributed by atoms with Crippen molar-refractivity contribution in [2.75, 3.05) is 30.9 Å². The van der Waals surface area contributed by atoms with Gasteiger partial charge in [0.2, 0.25) is 0 Å². The minimum absolute atomic E-state index is 0.0189. The lowest BCUT2D eigenvalue weighted by Crippen LogP contribution is -2.30. The molecule has 0 bridgehead atoms. The highest BCUT2D eigenvalue weighted by Crippen LogP contribution is 2.51. The summed E-state index contributed by atoms with van der Waals surface area (Å²) in [7, 11) is 1.36. The summed E-state index contributed by atoms with van der Waals surface area (Å²) in [6.07, 6.45) is 0. The molecule has 0 atom stereocenters. The van der Waals surface area contributed by atoms with Crippen LogP contribution in [0.5, 0.6) is 11.8 Å². The predicted octanol–water partition coefficient (Wildman–Crippen LogP) is 6.57. The number of benzene rings is 3. The van der Waals surface area contributed by atoms with Crippen LogP contribution in [0, 0.1) is 23.0 Å². The van der Waals surface area contributed by atoms with E-state index >= 15 is 4.39 Å². The lowest BCUT2D eigenvalue weighted by Gasteiger charge is -2.23. The van der Waals surface area contributed by atoms with Crippen molar-refractivity contribution >= 4 is 66.3 Å². The zero-order valence-corrected chi connectivity index (χ0v) is 24.7. The van der Waals surface area contributed by atoms with Crippen LogP contribution in [0.15, 0.2) is 36.4 Å². The third-order valence-electron chi connectivity index (χ3n) is 6.98. The van der Waals surface area contributed by atoms with Crippen LogP contribution in [0.25, 0.3) is 32.1 Å². The number of aromatic nitrogens is 2. The molecule has 3 aromatic carbocycles. The first kappa shape index (κ1) is 28.4. The molecule has 3 N–H and O–H groups in total. The summed E-state index contributed by atoms with van der Waals surface area (Å²) in [5.74, 6) is -1.33. The minimum atomic E-state index is -0.845. The number of ether oxygens (including phenoxy) is 2. The minimum Gasteiger partial charge on any atom is -0.489 e. The third-order valence-corrected chi connectivity index (χ3v) is 8.37. The molecule has 43 heavy (non-hydrogen) atoms. The molecule has 13 heteroatoms. The van der Waals surface area contributed by atoms with Crippen molar-refractivity contribution in [2.45, 2.75) is 19.9 Å². The predicted molar refractivity (Wildman–Crippen MR) is 163 cm³/mol. The number of anilines is 3. The zero-order chi connectivity index (χ0) is 30.6. The second-order valence-corrected chi connectivity index (χ2v) is 11.5. The lowest BCUT2D eigenvalue weighted by molar-refractivity contribution is 0.0943. The van der Waals surface area contributed by atoms with Gasteiger partial charge in [0, 0.05) is 28.2 Å². The molecule has 0 unspecified atom stereocenters. The molecule has 5 aromatic rings. The van der Waals surface area contributed by atoms with Crippen LogP contribution < -0.4 is 25.4 Å². The van der Waals surface area contributed by atoms with Gasteiger partial charge < -0.3 is 25.4 Å². The third kappa shape index (κ3) is 4.61. The largest absolute Gasteiger partial charge is 0.489 e. The lowest BCUT2D eigenvalue weighted by atomic mass is 9.96. The molecule has 1 amide bonds. The first-order chi connectivity index (χ1) is 20.6. The van der Waals surface area contributed by atoms with E-state index in [2.05, 4.69) is 15.3 Å². The number of carbonyl (C=O) groups is 1. The van der Waals surface area contributed by atoms with Crippen LogP contribution in [0.3, 0.4) is 0 Å². The number of hydrogen-bond donors (Lipinski definition) is 2. The Kier molecular flexibility index (Phi) is 7.15. The van der Waals surface area contributed by atoms with Crippen LogP contribution in [-0.2, 0) is 0 Å². The van der Waals surface area contributed by atoms with Crippen LogP contribution >= 0.6 is 22.9 Å². The molecule has 2 aromatic heterocycles. The van der Waals surface area contributed by atoms with Gasteiger partial charge in [-0.05, 0) is 43.7 Å². The highest BCUT2D eigenvalue weighted by atomic mass is 35.5. The fourth-order valence-corrected chi connectivity index (χ4v) is 6.44. The van der Waals surface area contributed by atoms with Gasteiger partial charge in [-0.2, -0.15) is 15.2 Å². The number of nitrogens with zero attached hydrogens (tertiary/aromatic N) is 4. The van der Waals surface area contributed by atoms with E-state index in [1.165, 1.54) is 19.2 Å². The monoisotopic (exact) mass is 620 g/mol. The summed E-state index contributed by atoms with van der Waals surface area (Å²) in [5, 5.41) is 13.0. The van der Waals surface area contributed by atoms with Gasteiger partial charge in [-0.15, -0.1) is 11.3 Å². The number of nitrogens with two attached hydrogens (primary N) is 1. The molecule has 218 valence electrons. The molecule has 6 rings (SSSR count). The normalized spacial score (nSPS) is 12.7. The highest BCUT2D eigenvalue weighted by Gasteiger charge is 2.32. The summed E-state index contributed by atoms with van der Waals surface area (Å²) in [6, 6.07) is 11.3. The van der Waals surface area contributed by atoms with Gasteiger partial charge in [-0.1, -0.05) is 23.7 Å². The number of nitrogen functional groups attached to an aromatic ring is 1. The Morgan fingerprint density at radius 3 is 2.77 bits per heavy atom. The molecule has 1 aliphatic heterocycles. The first-order valence-corrected chi connectivity index (χ1v) is 14.3. The van der Waals surface area contributed by atoms with E-state index in [1.807, 2.05) is 19.9 Å². The molecule has 0 fully saturated rings. The Labute approximate surface area is 253 Å². The molecule has 1 aliphatic rings. The van der Waals surface area contributed by atoms with Crippen LogP contribution in [0.4, 0.5) is 25.3 Å². The Hall–Kier alpha value is -4.73. The van der Waals surface area contributed by atoms with Gasteiger partial charge in [0.1, 0.15) is 29.0 Å². The number of thiophene rings is 1. The number of hydrogen-bond acceptors (Lipinski definition) is 9. The van der Waals surface area contributed by atoms with Gasteiger partial charge >= 0.3 is 6.01 Å². The summed E-state index contributed by atoms with van der Waals surface area (Å²) >= 11 is 7.80. The highest BCUT2D eigenvalue weighted by molar-refractivity contribution is 7.23. The molecule has 9 nitrogen and oxygen atoms in total. The second kappa shape index (κ2) is 10.8. The maximum Gasteiger partial charge on any atom is 0.318 e. The molecule has 3 heterocycles. The number of methoxy groups -OCH3 is 1.